The molecule has 0 heterocycles. The van der Waals surface area contributed by atoms with Gasteiger partial charge in [-0.25, -0.2) is 0 Å². The fraction of sp³-hybridized carbons (Fsp3) is 0. The third-order valence-corrected chi connectivity index (χ3v) is 8.54. The van der Waals surface area contributed by atoms with Crippen LogP contribution in [-0.2, 0) is 0 Å². The van der Waals surface area contributed by atoms with Gasteiger partial charge in [0.2, 0.25) is 0 Å². The maximum Gasteiger partial charge on any atom is -0.00201 e. The first-order valence-electron chi connectivity index (χ1n) is 13.3. The summed E-state index contributed by atoms with van der Waals surface area (Å²) in [7, 11) is 0. The van der Waals surface area contributed by atoms with Crippen LogP contribution in [0.4, 0.5) is 0 Å². The fourth-order valence-corrected chi connectivity index (χ4v) is 6.91. The molecule has 0 N–H and O–H groups in total. The largest absolute Gasteiger partial charge is 0.0616 e. The van der Waals surface area contributed by atoms with Crippen molar-refractivity contribution in [2.45, 2.75) is 0 Å². The van der Waals surface area contributed by atoms with Crippen molar-refractivity contribution in [1.29, 1.82) is 0 Å². The lowest BCUT2D eigenvalue weighted by molar-refractivity contribution is 1.72. The second-order valence-electron chi connectivity index (χ2n) is 10.5. The molecule has 9 aromatic rings. The lowest BCUT2D eigenvalue weighted by Gasteiger charge is -2.18. The topological polar surface area (TPSA) is 0 Å². The van der Waals surface area contributed by atoms with Crippen LogP contribution in [0.2, 0.25) is 0 Å². The van der Waals surface area contributed by atoms with Gasteiger partial charge in [-0.3, -0.25) is 0 Å². The average Bonchev–Trinajstić information content (AvgIpc) is 2.98. The van der Waals surface area contributed by atoms with Crippen LogP contribution < -0.4 is 0 Å². The van der Waals surface area contributed by atoms with Crippen LogP contribution in [0.3, 0.4) is 0 Å². The number of rotatable bonds is 1. The van der Waals surface area contributed by atoms with Crippen molar-refractivity contribution >= 4 is 75.4 Å². The van der Waals surface area contributed by atoms with Gasteiger partial charge in [0, 0.05) is 0 Å². The second-order valence-corrected chi connectivity index (χ2v) is 10.5. The summed E-state index contributed by atoms with van der Waals surface area (Å²) in [6, 6.07) is 49.6. The molecule has 0 fully saturated rings. The number of fused-ring (bicyclic) bond motifs is 6. The Bertz CT molecular complexity index is 2340. The Labute approximate surface area is 219 Å². The highest BCUT2D eigenvalue weighted by Crippen LogP contribution is 2.45. The van der Waals surface area contributed by atoms with Crippen molar-refractivity contribution in [3.05, 3.63) is 133 Å². The molecule has 0 nitrogen and oxygen atoms in total. The van der Waals surface area contributed by atoms with E-state index in [2.05, 4.69) is 133 Å². The van der Waals surface area contributed by atoms with Gasteiger partial charge in [0.25, 0.3) is 0 Å². The van der Waals surface area contributed by atoms with Crippen LogP contribution in [0.1, 0.15) is 0 Å². The van der Waals surface area contributed by atoms with Crippen molar-refractivity contribution in [2.75, 3.05) is 0 Å². The van der Waals surface area contributed by atoms with E-state index >= 15 is 0 Å². The molecule has 0 unspecified atom stereocenters. The van der Waals surface area contributed by atoms with Gasteiger partial charge >= 0.3 is 0 Å². The Morgan fingerprint density at radius 2 is 0.789 bits per heavy atom. The Morgan fingerprint density at radius 1 is 0.237 bits per heavy atom. The molecule has 0 saturated heterocycles. The maximum absolute atomic E-state index is 2.37. The molecule has 0 aliphatic carbocycles. The molecular weight excluding hydrogens is 456 g/mol. The number of hydrogen-bond donors (Lipinski definition) is 0. The van der Waals surface area contributed by atoms with E-state index < -0.39 is 0 Å². The monoisotopic (exact) mass is 478 g/mol. The van der Waals surface area contributed by atoms with Crippen molar-refractivity contribution in [1.82, 2.24) is 0 Å². The van der Waals surface area contributed by atoms with Crippen molar-refractivity contribution in [3.63, 3.8) is 0 Å². The lowest BCUT2D eigenvalue weighted by Crippen LogP contribution is -1.90. The van der Waals surface area contributed by atoms with Gasteiger partial charge in [0.15, 0.2) is 0 Å². The molecule has 38 heavy (non-hydrogen) atoms. The maximum atomic E-state index is 2.37. The summed E-state index contributed by atoms with van der Waals surface area (Å²) >= 11 is 0. The first-order chi connectivity index (χ1) is 18.8. The molecule has 0 atom stereocenters. The summed E-state index contributed by atoms with van der Waals surface area (Å²) in [5.74, 6) is 0. The molecule has 0 saturated carbocycles. The van der Waals surface area contributed by atoms with Gasteiger partial charge in [0.05, 0.1) is 0 Å². The van der Waals surface area contributed by atoms with Crippen LogP contribution in [0, 0.1) is 0 Å². The van der Waals surface area contributed by atoms with Crippen LogP contribution >= 0.6 is 0 Å². The summed E-state index contributed by atoms with van der Waals surface area (Å²) < 4.78 is 0. The first kappa shape index (κ1) is 20.2. The summed E-state index contributed by atoms with van der Waals surface area (Å²) in [6.07, 6.45) is 0. The fourth-order valence-electron chi connectivity index (χ4n) is 6.91. The van der Waals surface area contributed by atoms with E-state index in [4.69, 9.17) is 0 Å². The van der Waals surface area contributed by atoms with Gasteiger partial charge < -0.3 is 0 Å². The lowest BCUT2D eigenvalue weighted by atomic mass is 9.85. The number of hydrogen-bond acceptors (Lipinski definition) is 0. The minimum Gasteiger partial charge on any atom is -0.0616 e. The van der Waals surface area contributed by atoms with E-state index in [0.29, 0.717) is 0 Å². The van der Waals surface area contributed by atoms with E-state index in [1.54, 1.807) is 0 Å². The molecule has 0 aliphatic rings. The molecule has 0 bridgehead atoms. The molecule has 9 rings (SSSR count). The molecule has 0 aliphatic heterocycles. The van der Waals surface area contributed by atoms with Crippen LogP contribution in [0.15, 0.2) is 133 Å². The van der Waals surface area contributed by atoms with Gasteiger partial charge in [0.1, 0.15) is 0 Å². The van der Waals surface area contributed by atoms with Crippen LogP contribution in [0.25, 0.3) is 86.5 Å². The summed E-state index contributed by atoms with van der Waals surface area (Å²) in [4.78, 5) is 0. The zero-order chi connectivity index (χ0) is 24.8. The molecule has 174 valence electrons. The molecule has 0 spiro atoms. The average molecular weight is 479 g/mol. The normalized spacial score (nSPS) is 12.2. The molecular formula is C38H22. The molecule has 0 amide bonds. The van der Waals surface area contributed by atoms with Crippen molar-refractivity contribution in [2.24, 2.45) is 0 Å². The Morgan fingerprint density at radius 3 is 1.58 bits per heavy atom. The van der Waals surface area contributed by atoms with Crippen LogP contribution in [0.5, 0.6) is 0 Å². The standard InChI is InChI=1S/C38H22/c1-2-8-26-22-35-27(21-25(26)7-1)18-17-24-11-5-12-29(37(24)35)28-19-20-34-32-14-4-10-23-9-3-13-31(36(23)32)33-16-6-15-30(28)38(33)34/h1-22H. The van der Waals surface area contributed by atoms with E-state index in [1.807, 2.05) is 0 Å². The predicted molar refractivity (Wildman–Crippen MR) is 166 cm³/mol. The highest BCUT2D eigenvalue weighted by molar-refractivity contribution is 6.34. The third kappa shape index (κ3) is 2.59. The summed E-state index contributed by atoms with van der Waals surface area (Å²) in [6.45, 7) is 0. The van der Waals surface area contributed by atoms with Gasteiger partial charge in [-0.05, 0) is 98.7 Å². The van der Waals surface area contributed by atoms with E-state index in [0.717, 1.165) is 0 Å². The molecule has 0 radical (unpaired) electrons. The zero-order valence-corrected chi connectivity index (χ0v) is 20.7. The molecule has 0 heteroatoms. The first-order valence-corrected chi connectivity index (χ1v) is 13.3. The minimum atomic E-state index is 1.28. The van der Waals surface area contributed by atoms with Crippen LogP contribution in [-0.4, -0.2) is 0 Å². The van der Waals surface area contributed by atoms with Crippen molar-refractivity contribution < 1.29 is 0 Å². The van der Waals surface area contributed by atoms with E-state index in [-0.39, 0.29) is 0 Å². The minimum absolute atomic E-state index is 1.28. The van der Waals surface area contributed by atoms with E-state index in [9.17, 15) is 0 Å². The summed E-state index contributed by atoms with van der Waals surface area (Å²) in [5, 5.41) is 18.5. The van der Waals surface area contributed by atoms with Gasteiger partial charge in [-0.15, -0.1) is 0 Å². The summed E-state index contributed by atoms with van der Waals surface area (Å²) in [5.41, 5.74) is 2.59. The highest BCUT2D eigenvalue weighted by Gasteiger charge is 2.17. The Hall–Kier alpha value is -4.94. The molecule has 0 aromatic heterocycles. The van der Waals surface area contributed by atoms with E-state index in [1.165, 1.54) is 86.5 Å². The Balaban J connectivity index is 1.46. The van der Waals surface area contributed by atoms with Gasteiger partial charge in [-0.2, -0.15) is 0 Å². The number of benzene rings is 9. The van der Waals surface area contributed by atoms with Crippen molar-refractivity contribution in [3.8, 4) is 11.1 Å². The zero-order valence-electron chi connectivity index (χ0n) is 20.7. The van der Waals surface area contributed by atoms with Gasteiger partial charge in [-0.1, -0.05) is 121 Å². The SMILES string of the molecule is c1ccc2cc3c(ccc4cccc(-c5ccc6c7cccc8cccc(c9cccc5c96)c87)c43)cc2c1. The molecule has 9 aromatic carbocycles. The predicted octanol–water partition coefficient (Wildman–Crippen LogP) is 10.9. The third-order valence-electron chi connectivity index (χ3n) is 8.54. The Kier molecular flexibility index (Phi) is 3.88. The second kappa shape index (κ2) is 7.31. The smallest absolute Gasteiger partial charge is 0.00201 e. The quantitative estimate of drug-likeness (QED) is 0.163. The highest BCUT2D eigenvalue weighted by atomic mass is 14.2.